The Morgan fingerprint density at radius 1 is 1.28 bits per heavy atom. The Bertz CT molecular complexity index is 911. The fraction of sp³-hybridized carbons (Fsp3) is 0.444. The Balaban J connectivity index is 1.66. The number of halogens is 5. The second-order valence-corrected chi connectivity index (χ2v) is 7.82. The zero-order chi connectivity index (χ0) is 21.3. The van der Waals surface area contributed by atoms with E-state index in [1.165, 1.54) is 11.8 Å². The Morgan fingerprint density at radius 3 is 2.52 bits per heavy atom. The highest BCUT2D eigenvalue weighted by molar-refractivity contribution is 9.10. The lowest BCUT2D eigenvalue weighted by atomic mass is 10.2. The predicted octanol–water partition coefficient (Wildman–Crippen LogP) is 3.98. The highest BCUT2D eigenvalue weighted by atomic mass is 79.9. The summed E-state index contributed by atoms with van der Waals surface area (Å²) in [5.74, 6) is 0.273. The van der Waals surface area contributed by atoms with Crippen molar-refractivity contribution < 1.29 is 22.7 Å². The van der Waals surface area contributed by atoms with Crippen LogP contribution >= 0.6 is 27.5 Å². The average molecular weight is 496 g/mol. The number of anilines is 1. The number of amides is 1. The molecule has 0 atom stereocenters. The molecule has 1 aromatic heterocycles. The van der Waals surface area contributed by atoms with Crippen LogP contribution in [0, 0.1) is 6.92 Å². The standard InChI is InChI=1S/C18H19BrClF3N4O2/c1-11-16(20)17(18(21,22)23)27(24-11)10-15(28)26-7-5-25(6-8-26)12-3-4-13(19)14(9-12)29-2/h3-4,9H,5-8,10H2,1-2H3. The van der Waals surface area contributed by atoms with Gasteiger partial charge in [0.15, 0.2) is 5.69 Å². The van der Waals surface area contributed by atoms with Crippen molar-refractivity contribution in [3.63, 3.8) is 0 Å². The molecule has 1 aliphatic rings. The van der Waals surface area contributed by atoms with Gasteiger partial charge >= 0.3 is 6.18 Å². The normalized spacial score (nSPS) is 15.0. The molecule has 0 radical (unpaired) electrons. The second-order valence-electron chi connectivity index (χ2n) is 6.59. The summed E-state index contributed by atoms with van der Waals surface area (Å²) in [5, 5.41) is 3.32. The third-order valence-corrected chi connectivity index (χ3v) is 5.85. The number of alkyl halides is 3. The zero-order valence-corrected chi connectivity index (χ0v) is 18.1. The van der Waals surface area contributed by atoms with Gasteiger partial charge in [-0.1, -0.05) is 11.6 Å². The molecule has 1 saturated heterocycles. The van der Waals surface area contributed by atoms with Crippen molar-refractivity contribution in [2.24, 2.45) is 0 Å². The summed E-state index contributed by atoms with van der Waals surface area (Å²) in [5.41, 5.74) is -0.0996. The van der Waals surface area contributed by atoms with Crippen LogP contribution in [0.4, 0.5) is 18.9 Å². The van der Waals surface area contributed by atoms with Gasteiger partial charge in [0, 0.05) is 37.9 Å². The number of aromatic nitrogens is 2. The zero-order valence-electron chi connectivity index (χ0n) is 15.8. The number of piperazine rings is 1. The van der Waals surface area contributed by atoms with Crippen LogP contribution in [0.1, 0.15) is 11.4 Å². The summed E-state index contributed by atoms with van der Waals surface area (Å²) < 4.78 is 46.5. The lowest BCUT2D eigenvalue weighted by Gasteiger charge is -2.36. The van der Waals surface area contributed by atoms with Crippen molar-refractivity contribution in [1.29, 1.82) is 0 Å². The van der Waals surface area contributed by atoms with Gasteiger partial charge in [0.05, 0.1) is 22.3 Å². The van der Waals surface area contributed by atoms with Gasteiger partial charge in [-0.25, -0.2) is 4.68 Å². The van der Waals surface area contributed by atoms with Gasteiger partial charge < -0.3 is 14.5 Å². The van der Waals surface area contributed by atoms with Crippen molar-refractivity contribution >= 4 is 39.1 Å². The Morgan fingerprint density at radius 2 is 1.93 bits per heavy atom. The average Bonchev–Trinajstić information content (AvgIpc) is 2.95. The van der Waals surface area contributed by atoms with E-state index in [-0.39, 0.29) is 5.69 Å². The first-order chi connectivity index (χ1) is 13.6. The van der Waals surface area contributed by atoms with Gasteiger partial charge in [0.2, 0.25) is 5.91 Å². The first-order valence-electron chi connectivity index (χ1n) is 8.78. The maximum absolute atomic E-state index is 13.3. The van der Waals surface area contributed by atoms with E-state index >= 15 is 0 Å². The molecule has 6 nitrogen and oxygen atoms in total. The molecule has 1 aromatic carbocycles. The van der Waals surface area contributed by atoms with Crippen LogP contribution in [-0.2, 0) is 17.5 Å². The molecule has 29 heavy (non-hydrogen) atoms. The number of hydrogen-bond donors (Lipinski definition) is 0. The fourth-order valence-electron chi connectivity index (χ4n) is 3.23. The lowest BCUT2D eigenvalue weighted by molar-refractivity contribution is -0.145. The molecule has 1 aliphatic heterocycles. The monoisotopic (exact) mass is 494 g/mol. The van der Waals surface area contributed by atoms with Crippen LogP contribution < -0.4 is 9.64 Å². The van der Waals surface area contributed by atoms with Crippen molar-refractivity contribution in [2.45, 2.75) is 19.6 Å². The number of methoxy groups -OCH3 is 1. The smallest absolute Gasteiger partial charge is 0.434 e. The van der Waals surface area contributed by atoms with Crippen LogP contribution in [0.25, 0.3) is 0 Å². The predicted molar refractivity (Wildman–Crippen MR) is 106 cm³/mol. The number of ether oxygens (including phenoxy) is 1. The van der Waals surface area contributed by atoms with E-state index in [0.717, 1.165) is 10.2 Å². The molecule has 0 saturated carbocycles. The summed E-state index contributed by atoms with van der Waals surface area (Å²) in [7, 11) is 1.58. The van der Waals surface area contributed by atoms with Crippen molar-refractivity contribution in [2.75, 3.05) is 38.2 Å². The topological polar surface area (TPSA) is 50.6 Å². The molecule has 0 bridgehead atoms. The third-order valence-electron chi connectivity index (χ3n) is 4.74. The van der Waals surface area contributed by atoms with E-state index in [4.69, 9.17) is 16.3 Å². The molecule has 1 fully saturated rings. The third kappa shape index (κ3) is 4.63. The largest absolute Gasteiger partial charge is 0.495 e. The summed E-state index contributed by atoms with van der Waals surface area (Å²) in [4.78, 5) is 16.2. The van der Waals surface area contributed by atoms with Crippen molar-refractivity contribution in [1.82, 2.24) is 14.7 Å². The van der Waals surface area contributed by atoms with Crippen LogP contribution in [0.5, 0.6) is 5.75 Å². The minimum atomic E-state index is -4.68. The fourth-order valence-corrected chi connectivity index (χ4v) is 3.88. The van der Waals surface area contributed by atoms with Gasteiger partial charge in [-0.2, -0.15) is 18.3 Å². The van der Waals surface area contributed by atoms with Gasteiger partial charge in [-0.05, 0) is 35.0 Å². The van der Waals surface area contributed by atoms with Crippen molar-refractivity contribution in [3.8, 4) is 5.75 Å². The molecule has 0 spiro atoms. The molecule has 2 heterocycles. The van der Waals surface area contributed by atoms with Crippen LogP contribution in [0.3, 0.4) is 0 Å². The SMILES string of the molecule is COc1cc(N2CCN(C(=O)Cn3nc(C)c(Cl)c3C(F)(F)F)CC2)ccc1Br. The number of aryl methyl sites for hydroxylation is 1. The maximum Gasteiger partial charge on any atom is 0.434 e. The Hall–Kier alpha value is -1.94. The van der Waals surface area contributed by atoms with E-state index < -0.39 is 29.3 Å². The lowest BCUT2D eigenvalue weighted by Crippen LogP contribution is -2.49. The molecule has 3 rings (SSSR count). The molecular formula is C18H19BrClF3N4O2. The summed E-state index contributed by atoms with van der Waals surface area (Å²) in [6, 6.07) is 5.72. The van der Waals surface area contributed by atoms with Gasteiger partial charge in [0.25, 0.3) is 0 Å². The number of carbonyl (C=O) groups excluding carboxylic acids is 1. The minimum Gasteiger partial charge on any atom is -0.495 e. The molecule has 0 unspecified atom stereocenters. The van der Waals surface area contributed by atoms with Gasteiger partial charge in [-0.15, -0.1) is 0 Å². The number of hydrogen-bond acceptors (Lipinski definition) is 4. The maximum atomic E-state index is 13.3. The first-order valence-corrected chi connectivity index (χ1v) is 9.95. The highest BCUT2D eigenvalue weighted by Gasteiger charge is 2.39. The molecule has 0 aliphatic carbocycles. The summed E-state index contributed by atoms with van der Waals surface area (Å²) >= 11 is 9.15. The molecule has 2 aromatic rings. The van der Waals surface area contributed by atoms with E-state index in [1.807, 2.05) is 18.2 Å². The molecule has 158 valence electrons. The molecule has 0 N–H and O–H groups in total. The molecule has 11 heteroatoms. The van der Waals surface area contributed by atoms with E-state index in [9.17, 15) is 18.0 Å². The second kappa shape index (κ2) is 8.43. The quantitative estimate of drug-likeness (QED) is 0.644. The van der Waals surface area contributed by atoms with Gasteiger partial charge in [-0.3, -0.25) is 4.79 Å². The number of carbonyl (C=O) groups is 1. The first kappa shape index (κ1) is 21.8. The number of rotatable bonds is 4. The molecule has 1 amide bonds. The Labute approximate surface area is 179 Å². The minimum absolute atomic E-state index is 0.0424. The van der Waals surface area contributed by atoms with Crippen LogP contribution in [-0.4, -0.2) is 53.9 Å². The summed E-state index contributed by atoms with van der Waals surface area (Å²) in [6.07, 6.45) is -4.68. The van der Waals surface area contributed by atoms with E-state index in [0.29, 0.717) is 36.6 Å². The highest BCUT2D eigenvalue weighted by Crippen LogP contribution is 2.36. The summed E-state index contributed by atoms with van der Waals surface area (Å²) in [6.45, 7) is 2.78. The van der Waals surface area contributed by atoms with Crippen LogP contribution in [0.15, 0.2) is 22.7 Å². The Kier molecular flexibility index (Phi) is 6.33. The van der Waals surface area contributed by atoms with Gasteiger partial charge in [0.1, 0.15) is 12.3 Å². The number of nitrogens with zero attached hydrogens (tertiary/aromatic N) is 4. The van der Waals surface area contributed by atoms with E-state index in [1.54, 1.807) is 7.11 Å². The molecular weight excluding hydrogens is 477 g/mol. The van der Waals surface area contributed by atoms with Crippen LogP contribution in [0.2, 0.25) is 5.02 Å². The number of benzene rings is 1. The van der Waals surface area contributed by atoms with E-state index in [2.05, 4.69) is 25.9 Å². The van der Waals surface area contributed by atoms with Crippen molar-refractivity contribution in [3.05, 3.63) is 39.1 Å².